The monoisotopic (exact) mass is 429 g/mol. The highest BCUT2D eigenvalue weighted by atomic mass is 16.5. The van der Waals surface area contributed by atoms with Crippen LogP contribution in [0.3, 0.4) is 0 Å². The van der Waals surface area contributed by atoms with E-state index >= 15 is 0 Å². The van der Waals surface area contributed by atoms with E-state index in [1.807, 2.05) is 43.0 Å². The quantitative estimate of drug-likeness (QED) is 0.497. The predicted molar refractivity (Wildman–Crippen MR) is 121 cm³/mol. The summed E-state index contributed by atoms with van der Waals surface area (Å²) in [5, 5.41) is 3.99. The number of amides is 2. The van der Waals surface area contributed by atoms with Gasteiger partial charge in [-0.05, 0) is 30.9 Å². The SMILES string of the molecule is CCCN(CCC)C(=O)CCN(CC(C)C)C(=O)c1cc(-c2cccc(OC)c2)on1. The summed E-state index contributed by atoms with van der Waals surface area (Å²) in [7, 11) is 1.60. The number of rotatable bonds is 12. The van der Waals surface area contributed by atoms with Gasteiger partial charge in [-0.2, -0.15) is 0 Å². The van der Waals surface area contributed by atoms with Crippen LogP contribution < -0.4 is 4.74 Å². The van der Waals surface area contributed by atoms with E-state index in [1.165, 1.54) is 0 Å². The highest BCUT2D eigenvalue weighted by Crippen LogP contribution is 2.25. The van der Waals surface area contributed by atoms with Crippen LogP contribution in [0.4, 0.5) is 0 Å². The Morgan fingerprint density at radius 1 is 1.06 bits per heavy atom. The van der Waals surface area contributed by atoms with Gasteiger partial charge >= 0.3 is 0 Å². The molecule has 0 unspecified atom stereocenters. The van der Waals surface area contributed by atoms with Crippen LogP contribution in [0.15, 0.2) is 34.9 Å². The molecular weight excluding hydrogens is 394 g/mol. The smallest absolute Gasteiger partial charge is 0.276 e. The van der Waals surface area contributed by atoms with Gasteiger partial charge in [-0.25, -0.2) is 0 Å². The minimum Gasteiger partial charge on any atom is -0.497 e. The molecule has 1 heterocycles. The largest absolute Gasteiger partial charge is 0.497 e. The lowest BCUT2D eigenvalue weighted by Crippen LogP contribution is -2.39. The fraction of sp³-hybridized carbons (Fsp3) is 0.542. The Bertz CT molecular complexity index is 841. The molecule has 31 heavy (non-hydrogen) atoms. The first-order valence-electron chi connectivity index (χ1n) is 11.1. The number of benzene rings is 1. The van der Waals surface area contributed by atoms with Crippen molar-refractivity contribution in [1.29, 1.82) is 0 Å². The van der Waals surface area contributed by atoms with E-state index in [2.05, 4.69) is 19.0 Å². The van der Waals surface area contributed by atoms with Gasteiger partial charge in [-0.1, -0.05) is 45.0 Å². The van der Waals surface area contributed by atoms with Crippen LogP contribution in [0.2, 0.25) is 0 Å². The Morgan fingerprint density at radius 2 is 1.77 bits per heavy atom. The van der Waals surface area contributed by atoms with Crippen LogP contribution in [0, 0.1) is 5.92 Å². The van der Waals surface area contributed by atoms with E-state index in [0.717, 1.165) is 31.5 Å². The van der Waals surface area contributed by atoms with Crippen molar-refractivity contribution in [3.8, 4) is 17.1 Å². The maximum atomic E-state index is 13.1. The van der Waals surface area contributed by atoms with Crippen LogP contribution in [0.25, 0.3) is 11.3 Å². The van der Waals surface area contributed by atoms with Crippen LogP contribution in [0.1, 0.15) is 57.4 Å². The van der Waals surface area contributed by atoms with Crippen LogP contribution in [-0.2, 0) is 4.79 Å². The Labute approximate surface area is 185 Å². The highest BCUT2D eigenvalue weighted by Gasteiger charge is 2.23. The van der Waals surface area contributed by atoms with Crippen molar-refractivity contribution in [2.75, 3.05) is 33.3 Å². The minimum absolute atomic E-state index is 0.0856. The third-order valence-electron chi connectivity index (χ3n) is 4.89. The lowest BCUT2D eigenvalue weighted by atomic mass is 10.1. The van der Waals surface area contributed by atoms with Crippen molar-refractivity contribution >= 4 is 11.8 Å². The second-order valence-corrected chi connectivity index (χ2v) is 8.08. The molecule has 7 nitrogen and oxygen atoms in total. The first kappa shape index (κ1) is 24.4. The topological polar surface area (TPSA) is 75.9 Å². The standard InChI is InChI=1S/C24H35N3O4/c1-6-12-26(13-7-2)23(28)11-14-27(17-18(3)4)24(29)21-16-22(31-25-21)19-9-8-10-20(15-19)30-5/h8-10,15-16,18H,6-7,11-14,17H2,1-5H3. The van der Waals surface area contributed by atoms with Crippen molar-refractivity contribution < 1.29 is 18.8 Å². The van der Waals surface area contributed by atoms with E-state index in [1.54, 1.807) is 18.1 Å². The summed E-state index contributed by atoms with van der Waals surface area (Å²) in [5.74, 6) is 1.33. The molecular formula is C24H35N3O4. The average Bonchev–Trinajstić information content (AvgIpc) is 3.26. The van der Waals surface area contributed by atoms with Crippen LogP contribution in [-0.4, -0.2) is 60.1 Å². The van der Waals surface area contributed by atoms with Gasteiger partial charge in [0.1, 0.15) is 5.75 Å². The zero-order valence-corrected chi connectivity index (χ0v) is 19.4. The molecule has 0 aliphatic heterocycles. The molecule has 1 aromatic heterocycles. The maximum Gasteiger partial charge on any atom is 0.276 e. The molecule has 2 amide bonds. The highest BCUT2D eigenvalue weighted by molar-refractivity contribution is 5.93. The first-order chi connectivity index (χ1) is 14.9. The summed E-state index contributed by atoms with van der Waals surface area (Å²) in [4.78, 5) is 29.4. The number of ether oxygens (including phenoxy) is 1. The van der Waals surface area contributed by atoms with E-state index in [4.69, 9.17) is 9.26 Å². The molecule has 1 aromatic carbocycles. The Hall–Kier alpha value is -2.83. The van der Waals surface area contributed by atoms with Gasteiger partial charge in [0.05, 0.1) is 7.11 Å². The first-order valence-corrected chi connectivity index (χ1v) is 11.1. The normalized spacial score (nSPS) is 10.9. The Kier molecular flexibility index (Phi) is 9.56. The summed E-state index contributed by atoms with van der Waals surface area (Å²) in [6.07, 6.45) is 2.15. The van der Waals surface area contributed by atoms with Gasteiger partial charge in [0.2, 0.25) is 5.91 Å². The molecule has 0 aliphatic carbocycles. The number of hydrogen-bond acceptors (Lipinski definition) is 5. The van der Waals surface area contributed by atoms with Gasteiger partial charge in [-0.3, -0.25) is 9.59 Å². The minimum atomic E-state index is -0.225. The van der Waals surface area contributed by atoms with Crippen molar-refractivity contribution in [2.24, 2.45) is 5.92 Å². The summed E-state index contributed by atoms with van der Waals surface area (Å²) >= 11 is 0. The molecule has 0 bridgehead atoms. The number of carbonyl (C=O) groups excluding carboxylic acids is 2. The van der Waals surface area contributed by atoms with Crippen LogP contribution >= 0.6 is 0 Å². The fourth-order valence-corrected chi connectivity index (χ4v) is 3.46. The van der Waals surface area contributed by atoms with Crippen molar-refractivity contribution in [3.05, 3.63) is 36.0 Å². The maximum absolute atomic E-state index is 13.1. The summed E-state index contributed by atoms with van der Waals surface area (Å²) in [6.45, 7) is 10.6. The molecule has 0 fully saturated rings. The summed E-state index contributed by atoms with van der Waals surface area (Å²) < 4.78 is 10.7. The van der Waals surface area contributed by atoms with Gasteiger partial charge in [0, 0.05) is 44.2 Å². The number of aromatic nitrogens is 1. The molecule has 2 rings (SSSR count). The second kappa shape index (κ2) is 12.1. The molecule has 0 spiro atoms. The van der Waals surface area contributed by atoms with Crippen LogP contribution in [0.5, 0.6) is 5.75 Å². The second-order valence-electron chi connectivity index (χ2n) is 8.08. The summed E-state index contributed by atoms with van der Waals surface area (Å²) in [5.41, 5.74) is 1.02. The van der Waals surface area contributed by atoms with E-state index < -0.39 is 0 Å². The average molecular weight is 430 g/mol. The van der Waals surface area contributed by atoms with Gasteiger partial charge in [0.25, 0.3) is 5.91 Å². The van der Waals surface area contributed by atoms with Crippen molar-refractivity contribution in [3.63, 3.8) is 0 Å². The lowest BCUT2D eigenvalue weighted by molar-refractivity contribution is -0.131. The molecule has 0 aliphatic rings. The molecule has 7 heteroatoms. The third kappa shape index (κ3) is 7.12. The van der Waals surface area contributed by atoms with Crippen molar-refractivity contribution in [1.82, 2.24) is 15.0 Å². The van der Waals surface area contributed by atoms with E-state index in [9.17, 15) is 9.59 Å². The summed E-state index contributed by atoms with van der Waals surface area (Å²) in [6, 6.07) is 9.04. The number of carbonyl (C=O) groups is 2. The lowest BCUT2D eigenvalue weighted by Gasteiger charge is -2.26. The molecule has 0 atom stereocenters. The predicted octanol–water partition coefficient (Wildman–Crippen LogP) is 4.49. The number of methoxy groups -OCH3 is 1. The molecule has 0 saturated heterocycles. The molecule has 170 valence electrons. The molecule has 0 N–H and O–H groups in total. The zero-order chi connectivity index (χ0) is 22.8. The number of nitrogens with zero attached hydrogens (tertiary/aromatic N) is 3. The Balaban J connectivity index is 2.12. The van der Waals surface area contributed by atoms with E-state index in [-0.39, 0.29) is 23.4 Å². The van der Waals surface area contributed by atoms with Gasteiger partial charge in [-0.15, -0.1) is 0 Å². The fourth-order valence-electron chi connectivity index (χ4n) is 3.46. The van der Waals surface area contributed by atoms with E-state index in [0.29, 0.717) is 31.0 Å². The third-order valence-corrected chi connectivity index (χ3v) is 4.89. The molecule has 0 saturated carbocycles. The zero-order valence-electron chi connectivity index (χ0n) is 19.4. The van der Waals surface area contributed by atoms with Crippen molar-refractivity contribution in [2.45, 2.75) is 47.0 Å². The molecule has 2 aromatic rings. The molecule has 0 radical (unpaired) electrons. The van der Waals surface area contributed by atoms with Gasteiger partial charge in [0.15, 0.2) is 11.5 Å². The Morgan fingerprint density at radius 3 is 2.39 bits per heavy atom. The van der Waals surface area contributed by atoms with Gasteiger partial charge < -0.3 is 19.1 Å². The number of hydrogen-bond donors (Lipinski definition) is 0.